The second-order valence-corrected chi connectivity index (χ2v) is 10.5. The van der Waals surface area contributed by atoms with Gasteiger partial charge in [0.1, 0.15) is 0 Å². The molecule has 0 spiro atoms. The molecule has 0 N–H and O–H groups in total. The Bertz CT molecular complexity index is 809. The molecule has 0 saturated carbocycles. The average molecular weight is 416 g/mol. The number of nitrogens with zero attached hydrogens (tertiary/aromatic N) is 1. The van der Waals surface area contributed by atoms with E-state index in [4.69, 9.17) is 12.8 Å². The van der Waals surface area contributed by atoms with E-state index in [-0.39, 0.29) is 5.41 Å². The molecule has 1 aromatic heterocycles. The Morgan fingerprint density at radius 3 is 2.75 bits per heavy atom. The summed E-state index contributed by atoms with van der Waals surface area (Å²) in [4.78, 5) is 14.6. The summed E-state index contributed by atoms with van der Waals surface area (Å²) in [6.45, 7) is 8.66. The fourth-order valence-corrected chi connectivity index (χ4v) is 5.78. The van der Waals surface area contributed by atoms with Gasteiger partial charge in [0.2, 0.25) is 0 Å². The lowest BCUT2D eigenvalue weighted by molar-refractivity contribution is 0.112. The van der Waals surface area contributed by atoms with Crippen LogP contribution in [0.3, 0.4) is 0 Å². The molecule has 0 unspecified atom stereocenters. The first-order chi connectivity index (χ1) is 13.4. The van der Waals surface area contributed by atoms with Crippen LogP contribution in [0.4, 0.5) is 0 Å². The highest BCUT2D eigenvalue weighted by atomic mass is 32.1. The first-order valence-corrected chi connectivity index (χ1v) is 11.8. The first kappa shape index (κ1) is 21.6. The molecule has 0 bridgehead atoms. The van der Waals surface area contributed by atoms with Gasteiger partial charge in [0.15, 0.2) is 6.29 Å². The van der Waals surface area contributed by atoms with E-state index in [0.717, 1.165) is 42.7 Å². The summed E-state index contributed by atoms with van der Waals surface area (Å²) in [5.74, 6) is 0. The van der Waals surface area contributed by atoms with Crippen molar-refractivity contribution in [2.75, 3.05) is 6.54 Å². The number of hydrogen-bond donors (Lipinski definition) is 1. The molecule has 0 amide bonds. The summed E-state index contributed by atoms with van der Waals surface area (Å²) < 4.78 is 2.12. The van der Waals surface area contributed by atoms with E-state index in [1.165, 1.54) is 53.7 Å². The van der Waals surface area contributed by atoms with Gasteiger partial charge in [-0.2, -0.15) is 0 Å². The zero-order valence-corrected chi connectivity index (χ0v) is 19.2. The number of rotatable bonds is 9. The molecule has 1 aliphatic rings. The summed E-state index contributed by atoms with van der Waals surface area (Å²) in [6.07, 6.45) is 9.37. The van der Waals surface area contributed by atoms with E-state index in [1.807, 2.05) is 11.3 Å². The zero-order chi connectivity index (χ0) is 20.1. The van der Waals surface area contributed by atoms with Gasteiger partial charge in [-0.1, -0.05) is 77.1 Å². The third-order valence-electron chi connectivity index (χ3n) is 5.82. The molecule has 0 saturated heterocycles. The third kappa shape index (κ3) is 5.08. The lowest BCUT2D eigenvalue weighted by Crippen LogP contribution is -2.21. The Labute approximate surface area is 179 Å². The molecule has 1 aromatic carbocycles. The minimum atomic E-state index is 0.281. The third-order valence-corrected chi connectivity index (χ3v) is 7.50. The maximum atomic E-state index is 12.1. The smallest absolute Gasteiger partial charge is 0.151 e. The standard InChI is InChI=1S/C24H33NOS2/c1-4-5-6-9-14-25(27)16-18-10-7-8-11-19(18)23-21(17-26)20-15-24(2,3)13-12-22(20)28-23/h7-8,10-11,17,27H,4-6,9,12-16H2,1-3H3. The number of benzene rings is 1. The van der Waals surface area contributed by atoms with Crippen LogP contribution < -0.4 is 0 Å². The Morgan fingerprint density at radius 2 is 2.00 bits per heavy atom. The second-order valence-electron chi connectivity index (χ2n) is 8.81. The SMILES string of the molecule is CCCCCCN(S)Cc1ccccc1-c1sc2c(c1C=O)CC(C)(C)CC2. The highest BCUT2D eigenvalue weighted by Crippen LogP contribution is 2.45. The predicted molar refractivity (Wildman–Crippen MR) is 124 cm³/mol. The van der Waals surface area contributed by atoms with Crippen molar-refractivity contribution >= 4 is 30.4 Å². The molecular formula is C24H33NOS2. The summed E-state index contributed by atoms with van der Waals surface area (Å²) >= 11 is 6.55. The Kier molecular flexibility index (Phi) is 7.41. The van der Waals surface area contributed by atoms with Gasteiger partial charge in [0, 0.05) is 28.4 Å². The number of thiophene rings is 1. The van der Waals surface area contributed by atoms with E-state index in [2.05, 4.69) is 49.3 Å². The summed E-state index contributed by atoms with van der Waals surface area (Å²) in [5.41, 5.74) is 4.96. The maximum Gasteiger partial charge on any atom is 0.151 e. The topological polar surface area (TPSA) is 20.3 Å². The van der Waals surface area contributed by atoms with Crippen LogP contribution in [0.5, 0.6) is 0 Å². The number of carbonyl (C=O) groups is 1. The quantitative estimate of drug-likeness (QED) is 0.271. The van der Waals surface area contributed by atoms with E-state index in [1.54, 1.807) is 0 Å². The van der Waals surface area contributed by atoms with Crippen molar-refractivity contribution in [2.45, 2.75) is 72.3 Å². The number of thiol groups is 1. The number of fused-ring (bicyclic) bond motifs is 1. The normalized spacial score (nSPS) is 15.6. The second kappa shape index (κ2) is 9.60. The molecule has 0 aliphatic heterocycles. The molecule has 2 nitrogen and oxygen atoms in total. The predicted octanol–water partition coefficient (Wildman–Crippen LogP) is 6.97. The van der Waals surface area contributed by atoms with Crippen LogP contribution in [0.1, 0.15) is 79.2 Å². The van der Waals surface area contributed by atoms with Gasteiger partial charge in [-0.3, -0.25) is 4.79 Å². The van der Waals surface area contributed by atoms with Crippen molar-refractivity contribution in [3.05, 3.63) is 45.8 Å². The zero-order valence-electron chi connectivity index (χ0n) is 17.5. The Hall–Kier alpha value is -1.10. The fourth-order valence-electron chi connectivity index (χ4n) is 4.14. The van der Waals surface area contributed by atoms with E-state index in [9.17, 15) is 4.79 Å². The van der Waals surface area contributed by atoms with Crippen LogP contribution in [0.15, 0.2) is 24.3 Å². The molecular weight excluding hydrogens is 382 g/mol. The minimum Gasteiger partial charge on any atom is -0.298 e. The lowest BCUT2D eigenvalue weighted by atomic mass is 9.76. The van der Waals surface area contributed by atoms with Gasteiger partial charge in [0.25, 0.3) is 0 Å². The number of aldehydes is 1. The Morgan fingerprint density at radius 1 is 1.21 bits per heavy atom. The first-order valence-electron chi connectivity index (χ1n) is 10.6. The van der Waals surface area contributed by atoms with Gasteiger partial charge in [-0.25, -0.2) is 4.31 Å². The van der Waals surface area contributed by atoms with Crippen LogP contribution in [-0.2, 0) is 19.4 Å². The number of unbranched alkanes of at least 4 members (excludes halogenated alkanes) is 3. The molecule has 0 fully saturated rings. The van der Waals surface area contributed by atoms with Crippen LogP contribution in [-0.4, -0.2) is 17.1 Å². The van der Waals surface area contributed by atoms with Gasteiger partial charge in [-0.15, -0.1) is 11.3 Å². The van der Waals surface area contributed by atoms with Gasteiger partial charge in [0.05, 0.1) is 0 Å². The molecule has 2 aromatic rings. The van der Waals surface area contributed by atoms with Gasteiger partial charge in [-0.05, 0) is 47.8 Å². The van der Waals surface area contributed by atoms with Crippen molar-refractivity contribution in [1.29, 1.82) is 0 Å². The van der Waals surface area contributed by atoms with Crippen molar-refractivity contribution < 1.29 is 4.79 Å². The average Bonchev–Trinajstić information content (AvgIpc) is 3.02. The number of hydrogen-bond acceptors (Lipinski definition) is 4. The van der Waals surface area contributed by atoms with E-state index in [0.29, 0.717) is 0 Å². The largest absolute Gasteiger partial charge is 0.298 e. The number of aryl methyl sites for hydroxylation is 1. The van der Waals surface area contributed by atoms with Crippen LogP contribution in [0.25, 0.3) is 10.4 Å². The Balaban J connectivity index is 1.85. The molecule has 0 atom stereocenters. The van der Waals surface area contributed by atoms with Crippen LogP contribution >= 0.6 is 24.2 Å². The van der Waals surface area contributed by atoms with Crippen molar-refractivity contribution in [1.82, 2.24) is 4.31 Å². The van der Waals surface area contributed by atoms with Gasteiger partial charge >= 0.3 is 0 Å². The highest BCUT2D eigenvalue weighted by molar-refractivity contribution is 7.77. The monoisotopic (exact) mass is 415 g/mol. The molecule has 152 valence electrons. The minimum absolute atomic E-state index is 0.281. The molecule has 3 rings (SSSR count). The van der Waals surface area contributed by atoms with Crippen molar-refractivity contribution in [3.63, 3.8) is 0 Å². The molecule has 1 heterocycles. The molecule has 28 heavy (non-hydrogen) atoms. The van der Waals surface area contributed by atoms with Crippen LogP contribution in [0, 0.1) is 5.41 Å². The lowest BCUT2D eigenvalue weighted by Gasteiger charge is -2.29. The molecule has 1 aliphatic carbocycles. The van der Waals surface area contributed by atoms with E-state index >= 15 is 0 Å². The van der Waals surface area contributed by atoms with Crippen LogP contribution in [0.2, 0.25) is 0 Å². The molecule has 4 heteroatoms. The summed E-state index contributed by atoms with van der Waals surface area (Å²) in [6, 6.07) is 8.53. The van der Waals surface area contributed by atoms with Gasteiger partial charge < -0.3 is 0 Å². The fraction of sp³-hybridized carbons (Fsp3) is 0.542. The molecule has 0 radical (unpaired) electrons. The summed E-state index contributed by atoms with van der Waals surface area (Å²) in [5, 5.41) is 0. The maximum absolute atomic E-state index is 12.1. The highest BCUT2D eigenvalue weighted by Gasteiger charge is 2.30. The number of carbonyl (C=O) groups excluding carboxylic acids is 1. The van der Waals surface area contributed by atoms with Crippen molar-refractivity contribution in [3.8, 4) is 10.4 Å². The summed E-state index contributed by atoms with van der Waals surface area (Å²) in [7, 11) is 0. The van der Waals surface area contributed by atoms with Crippen molar-refractivity contribution in [2.24, 2.45) is 5.41 Å². The van der Waals surface area contributed by atoms with E-state index < -0.39 is 0 Å².